The van der Waals surface area contributed by atoms with E-state index >= 15 is 0 Å². The van der Waals surface area contributed by atoms with Gasteiger partial charge in [-0.1, -0.05) is 6.07 Å². The van der Waals surface area contributed by atoms with E-state index < -0.39 is 0 Å². The van der Waals surface area contributed by atoms with Gasteiger partial charge in [-0.25, -0.2) is 0 Å². The zero-order valence-electron chi connectivity index (χ0n) is 11.9. The first-order valence-electron chi connectivity index (χ1n) is 7.45. The van der Waals surface area contributed by atoms with Crippen LogP contribution in [0.1, 0.15) is 30.6 Å². The predicted molar refractivity (Wildman–Crippen MR) is 79.9 cm³/mol. The number of nitrogens with zero attached hydrogens (tertiary/aromatic N) is 1. The lowest BCUT2D eigenvalue weighted by atomic mass is 10.2. The number of carbonyl (C=O) groups excluding carboxylic acids is 2. The number of thiophene rings is 1. The molecular formula is C15H20N2O3S. The number of hydrogen-bond acceptors (Lipinski definition) is 4. The van der Waals surface area contributed by atoms with Crippen LogP contribution in [0, 0.1) is 0 Å². The zero-order chi connectivity index (χ0) is 14.7. The van der Waals surface area contributed by atoms with Crippen molar-refractivity contribution < 1.29 is 14.3 Å². The second-order valence-corrected chi connectivity index (χ2v) is 6.57. The highest BCUT2D eigenvalue weighted by atomic mass is 32.1. The Bertz CT molecular complexity index is 497. The zero-order valence-corrected chi connectivity index (χ0v) is 12.7. The van der Waals surface area contributed by atoms with Gasteiger partial charge in [0.1, 0.15) is 6.04 Å². The first-order valence-corrected chi connectivity index (χ1v) is 8.33. The molecular weight excluding hydrogens is 288 g/mol. The average molecular weight is 308 g/mol. The van der Waals surface area contributed by atoms with E-state index in [1.807, 2.05) is 17.5 Å². The molecule has 0 aromatic carbocycles. The average Bonchev–Trinajstić information content (AvgIpc) is 3.21. The number of amides is 2. The maximum atomic E-state index is 12.3. The standard InChI is InChI=1S/C15H20N2O3S/c18-14-6-5-13(17(14)10-12-4-2-8-21-12)15(19)16-9-11-3-1-7-20-11/h2,4,8,11,13H,1,3,5-7,9-10H2,(H,16,19)/t11-,13-/m0/s1. The molecule has 2 amide bonds. The minimum Gasteiger partial charge on any atom is -0.376 e. The minimum atomic E-state index is -0.332. The number of carbonyl (C=O) groups is 2. The van der Waals surface area contributed by atoms with Gasteiger partial charge in [-0.15, -0.1) is 11.3 Å². The molecule has 2 saturated heterocycles. The summed E-state index contributed by atoms with van der Waals surface area (Å²) in [7, 11) is 0. The van der Waals surface area contributed by atoms with Gasteiger partial charge in [-0.2, -0.15) is 0 Å². The van der Waals surface area contributed by atoms with Gasteiger partial charge in [-0.05, 0) is 30.7 Å². The molecule has 1 N–H and O–H groups in total. The normalized spacial score (nSPS) is 25.5. The summed E-state index contributed by atoms with van der Waals surface area (Å²) in [6.07, 6.45) is 3.28. The van der Waals surface area contributed by atoms with Crippen LogP contribution in [-0.2, 0) is 20.9 Å². The summed E-state index contributed by atoms with van der Waals surface area (Å²) in [6, 6.07) is 3.63. The second kappa shape index (κ2) is 6.58. The summed E-state index contributed by atoms with van der Waals surface area (Å²) in [4.78, 5) is 27.1. The fourth-order valence-corrected chi connectivity index (χ4v) is 3.62. The fraction of sp³-hybridized carbons (Fsp3) is 0.600. The molecule has 0 spiro atoms. The number of nitrogens with one attached hydrogen (secondary N) is 1. The first-order chi connectivity index (χ1) is 10.2. The minimum absolute atomic E-state index is 0.0482. The van der Waals surface area contributed by atoms with Crippen LogP contribution in [0.5, 0.6) is 0 Å². The van der Waals surface area contributed by atoms with Crippen molar-refractivity contribution >= 4 is 23.2 Å². The maximum absolute atomic E-state index is 12.3. The highest BCUT2D eigenvalue weighted by Gasteiger charge is 2.36. The van der Waals surface area contributed by atoms with Gasteiger partial charge in [0.05, 0.1) is 12.6 Å². The van der Waals surface area contributed by atoms with Crippen molar-refractivity contribution in [2.75, 3.05) is 13.2 Å². The van der Waals surface area contributed by atoms with Crippen LogP contribution in [-0.4, -0.2) is 42.0 Å². The van der Waals surface area contributed by atoms with Crippen molar-refractivity contribution in [3.8, 4) is 0 Å². The molecule has 0 unspecified atom stereocenters. The molecule has 2 aliphatic rings. The number of rotatable bonds is 5. The highest BCUT2D eigenvalue weighted by Crippen LogP contribution is 2.23. The van der Waals surface area contributed by atoms with Crippen LogP contribution >= 0.6 is 11.3 Å². The lowest BCUT2D eigenvalue weighted by Crippen LogP contribution is -2.46. The molecule has 1 aromatic rings. The molecule has 3 rings (SSSR count). The van der Waals surface area contributed by atoms with E-state index in [2.05, 4.69) is 5.32 Å². The Kier molecular flexibility index (Phi) is 4.55. The number of ether oxygens (including phenoxy) is 1. The third-order valence-electron chi connectivity index (χ3n) is 4.07. The van der Waals surface area contributed by atoms with Gasteiger partial charge in [0.15, 0.2) is 0 Å². The third-order valence-corrected chi connectivity index (χ3v) is 4.93. The molecule has 2 atom stereocenters. The molecule has 0 aliphatic carbocycles. The van der Waals surface area contributed by atoms with Crippen molar-refractivity contribution in [2.24, 2.45) is 0 Å². The monoisotopic (exact) mass is 308 g/mol. The van der Waals surface area contributed by atoms with E-state index in [0.29, 0.717) is 25.9 Å². The SMILES string of the molecule is O=C(NC[C@@H]1CCCO1)[C@@H]1CCC(=O)N1Cc1cccs1. The lowest BCUT2D eigenvalue weighted by molar-refractivity contribution is -0.136. The Morgan fingerprint density at radius 1 is 1.48 bits per heavy atom. The molecule has 5 nitrogen and oxygen atoms in total. The van der Waals surface area contributed by atoms with Crippen LogP contribution in [0.25, 0.3) is 0 Å². The molecule has 2 fully saturated rings. The Balaban J connectivity index is 1.56. The smallest absolute Gasteiger partial charge is 0.242 e. The summed E-state index contributed by atoms with van der Waals surface area (Å²) in [6.45, 7) is 1.87. The molecule has 3 heterocycles. The van der Waals surface area contributed by atoms with Crippen LogP contribution in [0.15, 0.2) is 17.5 Å². The van der Waals surface area contributed by atoms with E-state index in [1.54, 1.807) is 16.2 Å². The van der Waals surface area contributed by atoms with Crippen LogP contribution in [0.2, 0.25) is 0 Å². The van der Waals surface area contributed by atoms with Crippen LogP contribution in [0.3, 0.4) is 0 Å². The van der Waals surface area contributed by atoms with Crippen LogP contribution < -0.4 is 5.32 Å². The second-order valence-electron chi connectivity index (χ2n) is 5.54. The van der Waals surface area contributed by atoms with Crippen molar-refractivity contribution in [1.82, 2.24) is 10.2 Å². The van der Waals surface area contributed by atoms with E-state index in [1.165, 1.54) is 0 Å². The fourth-order valence-electron chi connectivity index (χ4n) is 2.91. The molecule has 0 radical (unpaired) electrons. The Labute approximate surface area is 128 Å². The molecule has 114 valence electrons. The Morgan fingerprint density at radius 2 is 2.38 bits per heavy atom. The summed E-state index contributed by atoms with van der Waals surface area (Å²) < 4.78 is 5.51. The summed E-state index contributed by atoms with van der Waals surface area (Å²) >= 11 is 1.61. The lowest BCUT2D eigenvalue weighted by Gasteiger charge is -2.24. The molecule has 0 saturated carbocycles. The molecule has 21 heavy (non-hydrogen) atoms. The van der Waals surface area contributed by atoms with Gasteiger partial charge in [0.2, 0.25) is 11.8 Å². The van der Waals surface area contributed by atoms with Gasteiger partial charge in [0, 0.05) is 24.4 Å². The van der Waals surface area contributed by atoms with Crippen molar-refractivity contribution in [1.29, 1.82) is 0 Å². The van der Waals surface area contributed by atoms with Gasteiger partial charge < -0.3 is 15.0 Å². The predicted octanol–water partition coefficient (Wildman–Crippen LogP) is 1.53. The molecule has 2 aliphatic heterocycles. The first kappa shape index (κ1) is 14.5. The largest absolute Gasteiger partial charge is 0.376 e. The summed E-state index contributed by atoms with van der Waals surface area (Å²) in [5.41, 5.74) is 0. The third kappa shape index (κ3) is 3.44. The van der Waals surface area contributed by atoms with E-state index in [9.17, 15) is 9.59 Å². The summed E-state index contributed by atoms with van der Waals surface area (Å²) in [5.74, 6) is 0.0218. The Hall–Kier alpha value is -1.40. The Morgan fingerprint density at radius 3 is 3.10 bits per heavy atom. The van der Waals surface area contributed by atoms with E-state index in [-0.39, 0.29) is 24.0 Å². The molecule has 0 bridgehead atoms. The maximum Gasteiger partial charge on any atom is 0.242 e. The molecule has 6 heteroatoms. The van der Waals surface area contributed by atoms with Crippen molar-refractivity contribution in [3.63, 3.8) is 0 Å². The summed E-state index contributed by atoms with van der Waals surface area (Å²) in [5, 5.41) is 4.93. The van der Waals surface area contributed by atoms with Gasteiger partial charge in [0.25, 0.3) is 0 Å². The quantitative estimate of drug-likeness (QED) is 0.897. The van der Waals surface area contributed by atoms with E-state index in [4.69, 9.17) is 4.74 Å². The van der Waals surface area contributed by atoms with Gasteiger partial charge in [-0.3, -0.25) is 9.59 Å². The van der Waals surface area contributed by atoms with Crippen LogP contribution in [0.4, 0.5) is 0 Å². The highest BCUT2D eigenvalue weighted by molar-refractivity contribution is 7.09. The van der Waals surface area contributed by atoms with Gasteiger partial charge >= 0.3 is 0 Å². The number of hydrogen-bond donors (Lipinski definition) is 1. The van der Waals surface area contributed by atoms with E-state index in [0.717, 1.165) is 24.3 Å². The molecule has 1 aromatic heterocycles. The van der Waals surface area contributed by atoms with Crippen molar-refractivity contribution in [2.45, 2.75) is 44.4 Å². The topological polar surface area (TPSA) is 58.6 Å². The van der Waals surface area contributed by atoms with Crippen molar-refractivity contribution in [3.05, 3.63) is 22.4 Å². The number of likely N-dealkylation sites (tertiary alicyclic amines) is 1.